The van der Waals surface area contributed by atoms with E-state index in [4.69, 9.17) is 0 Å². The molecule has 0 aliphatic rings. The van der Waals surface area contributed by atoms with Crippen LogP contribution in [0.1, 0.15) is 64.2 Å². The van der Waals surface area contributed by atoms with Crippen molar-refractivity contribution in [3.8, 4) is 0 Å². The number of ketones is 1. The van der Waals surface area contributed by atoms with Crippen LogP contribution in [0.4, 0.5) is 5.69 Å². The van der Waals surface area contributed by atoms with Crippen LogP contribution in [0.3, 0.4) is 0 Å². The quantitative estimate of drug-likeness (QED) is 0.678. The van der Waals surface area contributed by atoms with E-state index in [9.17, 15) is 4.79 Å². The Hall–Kier alpha value is -1.31. The van der Waals surface area contributed by atoms with Gasteiger partial charge in [-0.25, -0.2) is 0 Å². The van der Waals surface area contributed by atoms with Gasteiger partial charge in [-0.2, -0.15) is 0 Å². The minimum Gasteiger partial charge on any atom is -0.372 e. The van der Waals surface area contributed by atoms with E-state index in [-0.39, 0.29) is 5.78 Å². The van der Waals surface area contributed by atoms with Crippen molar-refractivity contribution < 1.29 is 4.79 Å². The van der Waals surface area contributed by atoms with Gasteiger partial charge in [0, 0.05) is 30.8 Å². The number of hydrogen-bond acceptors (Lipinski definition) is 2. The van der Waals surface area contributed by atoms with Crippen LogP contribution in [-0.2, 0) is 0 Å². The Kier molecular flexibility index (Phi) is 9.87. The van der Waals surface area contributed by atoms with E-state index in [0.717, 1.165) is 25.1 Å². The first-order valence-electron chi connectivity index (χ1n) is 7.52. The molecule has 1 aromatic carbocycles. The lowest BCUT2D eigenvalue weighted by Gasteiger charge is -2.22. The van der Waals surface area contributed by atoms with Crippen molar-refractivity contribution in [1.29, 1.82) is 0 Å². The van der Waals surface area contributed by atoms with Crippen LogP contribution in [0, 0.1) is 0 Å². The smallest absolute Gasteiger partial charge is 0.162 e. The molecule has 0 fully saturated rings. The molecule has 0 bridgehead atoms. The standard InChI is InChI=1S/C14H21NO.C3H8/c1-4-11-15(6-3)13-9-7-12(8-10-13)14(16)5-2;1-3-2/h7-10H,4-6,11H2,1-3H3;3H2,1-2H3. The summed E-state index contributed by atoms with van der Waals surface area (Å²) in [5.41, 5.74) is 2.02. The number of carbonyl (C=O) groups excluding carboxylic acids is 1. The van der Waals surface area contributed by atoms with Crippen molar-refractivity contribution in [1.82, 2.24) is 0 Å². The predicted molar refractivity (Wildman–Crippen MR) is 85.2 cm³/mol. The minimum atomic E-state index is 0.213. The highest BCUT2D eigenvalue weighted by molar-refractivity contribution is 5.96. The Balaban J connectivity index is 0.000000982. The lowest BCUT2D eigenvalue weighted by atomic mass is 10.1. The zero-order valence-electron chi connectivity index (χ0n) is 13.2. The topological polar surface area (TPSA) is 20.3 Å². The van der Waals surface area contributed by atoms with Crippen molar-refractivity contribution in [2.45, 2.75) is 53.9 Å². The highest BCUT2D eigenvalue weighted by Crippen LogP contribution is 2.16. The summed E-state index contributed by atoms with van der Waals surface area (Å²) in [6, 6.07) is 7.95. The third-order valence-electron chi connectivity index (χ3n) is 2.75. The first kappa shape index (κ1) is 17.7. The van der Waals surface area contributed by atoms with Gasteiger partial charge in [0.05, 0.1) is 0 Å². The molecule has 108 valence electrons. The van der Waals surface area contributed by atoms with Crippen molar-refractivity contribution >= 4 is 11.5 Å². The largest absolute Gasteiger partial charge is 0.372 e. The molecule has 0 aromatic heterocycles. The SMILES string of the molecule is CCC.CCCN(CC)c1ccc(C(=O)CC)cc1. The number of carbonyl (C=O) groups is 1. The molecule has 1 aromatic rings. The Morgan fingerprint density at radius 1 is 1.00 bits per heavy atom. The van der Waals surface area contributed by atoms with Gasteiger partial charge in [0.15, 0.2) is 5.78 Å². The van der Waals surface area contributed by atoms with Crippen molar-refractivity contribution in [2.24, 2.45) is 0 Å². The minimum absolute atomic E-state index is 0.213. The van der Waals surface area contributed by atoms with E-state index in [1.165, 1.54) is 12.1 Å². The van der Waals surface area contributed by atoms with E-state index in [1.807, 2.05) is 31.2 Å². The summed E-state index contributed by atoms with van der Waals surface area (Å²) in [6.07, 6.45) is 2.97. The monoisotopic (exact) mass is 263 g/mol. The number of nitrogens with zero attached hydrogens (tertiary/aromatic N) is 1. The molecule has 2 heteroatoms. The van der Waals surface area contributed by atoms with E-state index in [2.05, 4.69) is 32.6 Å². The number of anilines is 1. The number of rotatable bonds is 6. The molecule has 2 nitrogen and oxygen atoms in total. The second kappa shape index (κ2) is 10.6. The van der Waals surface area contributed by atoms with Crippen molar-refractivity contribution in [3.63, 3.8) is 0 Å². The molecule has 0 spiro atoms. The molecule has 0 atom stereocenters. The molecule has 0 heterocycles. The molecule has 0 aliphatic carbocycles. The normalized spacial score (nSPS) is 9.53. The highest BCUT2D eigenvalue weighted by Gasteiger charge is 2.05. The van der Waals surface area contributed by atoms with Gasteiger partial charge in [-0.05, 0) is 37.6 Å². The fraction of sp³-hybridized carbons (Fsp3) is 0.588. The first-order valence-corrected chi connectivity index (χ1v) is 7.52. The molecule has 0 unspecified atom stereocenters. The van der Waals surface area contributed by atoms with Gasteiger partial charge in [0.25, 0.3) is 0 Å². The molecule has 1 rings (SSSR count). The maximum atomic E-state index is 11.5. The lowest BCUT2D eigenvalue weighted by molar-refractivity contribution is 0.0988. The van der Waals surface area contributed by atoms with Crippen LogP contribution < -0.4 is 4.90 Å². The maximum Gasteiger partial charge on any atom is 0.162 e. The zero-order chi connectivity index (χ0) is 14.7. The molecule has 0 radical (unpaired) electrons. The van der Waals surface area contributed by atoms with Gasteiger partial charge in [-0.3, -0.25) is 4.79 Å². The molecular formula is C17H29NO. The average molecular weight is 263 g/mol. The molecule has 19 heavy (non-hydrogen) atoms. The Morgan fingerprint density at radius 3 is 1.89 bits per heavy atom. The molecule has 0 saturated heterocycles. The lowest BCUT2D eigenvalue weighted by Crippen LogP contribution is -2.23. The maximum absolute atomic E-state index is 11.5. The fourth-order valence-corrected chi connectivity index (χ4v) is 1.80. The van der Waals surface area contributed by atoms with Gasteiger partial charge in [-0.1, -0.05) is 34.1 Å². The van der Waals surface area contributed by atoms with E-state index in [0.29, 0.717) is 6.42 Å². The number of hydrogen-bond donors (Lipinski definition) is 0. The van der Waals surface area contributed by atoms with Crippen LogP contribution in [-0.4, -0.2) is 18.9 Å². The van der Waals surface area contributed by atoms with Crippen molar-refractivity contribution in [2.75, 3.05) is 18.0 Å². The third-order valence-corrected chi connectivity index (χ3v) is 2.75. The highest BCUT2D eigenvalue weighted by atomic mass is 16.1. The second-order valence-electron chi connectivity index (χ2n) is 4.61. The van der Waals surface area contributed by atoms with Crippen LogP contribution in [0.25, 0.3) is 0 Å². The van der Waals surface area contributed by atoms with E-state index < -0.39 is 0 Å². The summed E-state index contributed by atoms with van der Waals surface area (Å²) >= 11 is 0. The van der Waals surface area contributed by atoms with Crippen molar-refractivity contribution in [3.05, 3.63) is 29.8 Å². The van der Waals surface area contributed by atoms with Gasteiger partial charge in [-0.15, -0.1) is 0 Å². The Bertz CT molecular complexity index is 343. The summed E-state index contributed by atoms with van der Waals surface area (Å²) in [7, 11) is 0. The predicted octanol–water partition coefficient (Wildman–Crippen LogP) is 4.93. The summed E-state index contributed by atoms with van der Waals surface area (Å²) < 4.78 is 0. The van der Waals surface area contributed by atoms with Gasteiger partial charge in [0.1, 0.15) is 0 Å². The van der Waals surface area contributed by atoms with Crippen LogP contribution in [0.2, 0.25) is 0 Å². The van der Waals surface area contributed by atoms with Gasteiger partial charge < -0.3 is 4.90 Å². The summed E-state index contributed by atoms with van der Waals surface area (Å²) in [4.78, 5) is 13.8. The molecule has 0 amide bonds. The first-order chi connectivity index (χ1) is 9.14. The molecular weight excluding hydrogens is 234 g/mol. The van der Waals surface area contributed by atoms with Gasteiger partial charge in [0.2, 0.25) is 0 Å². The Morgan fingerprint density at radius 2 is 1.53 bits per heavy atom. The number of Topliss-reactive ketones (excluding diaryl/α,β-unsaturated/α-hetero) is 1. The van der Waals surface area contributed by atoms with Gasteiger partial charge >= 0.3 is 0 Å². The second-order valence-corrected chi connectivity index (χ2v) is 4.61. The van der Waals surface area contributed by atoms with Crippen LogP contribution in [0.5, 0.6) is 0 Å². The Labute approximate surface area is 118 Å². The molecule has 0 N–H and O–H groups in total. The fourth-order valence-electron chi connectivity index (χ4n) is 1.80. The summed E-state index contributed by atoms with van der Waals surface area (Å²) in [5.74, 6) is 0.213. The van der Waals surface area contributed by atoms with E-state index in [1.54, 1.807) is 0 Å². The third kappa shape index (κ3) is 6.42. The summed E-state index contributed by atoms with van der Waals surface area (Å²) in [6.45, 7) is 12.6. The van der Waals surface area contributed by atoms with Crippen LogP contribution in [0.15, 0.2) is 24.3 Å². The summed E-state index contributed by atoms with van der Waals surface area (Å²) in [5, 5.41) is 0. The van der Waals surface area contributed by atoms with E-state index >= 15 is 0 Å². The molecule has 0 aliphatic heterocycles. The van der Waals surface area contributed by atoms with Crippen LogP contribution >= 0.6 is 0 Å². The zero-order valence-corrected chi connectivity index (χ0v) is 13.2. The number of benzene rings is 1. The average Bonchev–Trinajstić information content (AvgIpc) is 2.45. The molecule has 0 saturated carbocycles.